The molecule has 9 heteroatoms. The average Bonchev–Trinajstić information content (AvgIpc) is 2.59. The van der Waals surface area contributed by atoms with Crippen molar-refractivity contribution in [3.05, 3.63) is 58.3 Å². The van der Waals surface area contributed by atoms with E-state index in [1.807, 2.05) is 0 Å². The Labute approximate surface area is 160 Å². The summed E-state index contributed by atoms with van der Waals surface area (Å²) in [6.45, 7) is 6.79. The number of halogens is 1. The number of carbonyl (C=O) groups is 1. The van der Waals surface area contributed by atoms with E-state index >= 15 is 0 Å². The Morgan fingerprint density at radius 2 is 2.07 bits per heavy atom. The zero-order valence-electron chi connectivity index (χ0n) is 15.7. The number of phenolic OH excluding ortho intramolecular Hbond substituents is 1. The summed E-state index contributed by atoms with van der Waals surface area (Å²) in [7, 11) is 0. The van der Waals surface area contributed by atoms with Crippen molar-refractivity contribution in [2.75, 3.05) is 0 Å². The summed E-state index contributed by atoms with van der Waals surface area (Å²) in [5.74, 6) is -2.78. The van der Waals surface area contributed by atoms with Crippen LogP contribution in [-0.2, 0) is 4.84 Å². The zero-order chi connectivity index (χ0) is 21.1. The molecule has 0 aliphatic rings. The first-order valence-electron chi connectivity index (χ1n) is 8.13. The van der Waals surface area contributed by atoms with Crippen molar-refractivity contribution in [2.24, 2.45) is 5.16 Å². The molecule has 0 saturated heterocycles. The average molecular weight is 387 g/mol. The predicted molar refractivity (Wildman–Crippen MR) is 96.2 cm³/mol. The Kier molecular flexibility index (Phi) is 5.84. The normalized spacial score (nSPS) is 11.6. The smallest absolute Gasteiger partial charge is 0.308 e. The molecule has 146 valence electrons. The van der Waals surface area contributed by atoms with E-state index in [0.717, 1.165) is 12.3 Å². The summed E-state index contributed by atoms with van der Waals surface area (Å²) >= 11 is 0. The number of oxime groups is 1. The molecule has 0 fully saturated rings. The molecule has 0 aliphatic carbocycles. The molecule has 2 aromatic rings. The lowest BCUT2D eigenvalue weighted by Crippen LogP contribution is -2.35. The van der Waals surface area contributed by atoms with E-state index in [9.17, 15) is 19.5 Å². The molecule has 28 heavy (non-hydrogen) atoms. The second-order valence-corrected chi connectivity index (χ2v) is 6.75. The maximum atomic E-state index is 13.6. The van der Waals surface area contributed by atoms with Gasteiger partial charge in [0, 0.05) is 19.1 Å². The number of hydrogen-bond donors (Lipinski definition) is 1. The lowest BCUT2D eigenvalue weighted by atomic mass is 10.0. The second kappa shape index (κ2) is 7.92. The number of hydrogen-bond acceptors (Lipinski definition) is 7. The molecule has 0 bridgehead atoms. The number of aromatic nitrogens is 1. The summed E-state index contributed by atoms with van der Waals surface area (Å²) < 4.78 is 19.3. The number of ether oxygens (including phenoxy) is 1. The van der Waals surface area contributed by atoms with E-state index in [0.29, 0.717) is 6.07 Å². The Hall–Kier alpha value is -3.67. The highest BCUT2D eigenvalue weighted by molar-refractivity contribution is 6.10. The molecular weight excluding hydrogens is 369 g/mol. The van der Waals surface area contributed by atoms with Crippen LogP contribution in [0, 0.1) is 22.4 Å². The number of nitrogens with zero attached hydrogens (tertiary/aromatic N) is 3. The molecule has 0 aliphatic heterocycles. The SMILES string of the molecule is C/C(=N/OC(C)(C)C)Oc1ccc[n+]([O-])c1C(=O)c1cc(C#N)c(F)cc1O. The van der Waals surface area contributed by atoms with E-state index in [4.69, 9.17) is 14.8 Å². The Morgan fingerprint density at radius 1 is 1.39 bits per heavy atom. The van der Waals surface area contributed by atoms with Gasteiger partial charge in [-0.3, -0.25) is 4.79 Å². The molecule has 0 radical (unpaired) electrons. The maximum absolute atomic E-state index is 13.6. The van der Waals surface area contributed by atoms with E-state index in [1.165, 1.54) is 19.1 Å². The molecule has 0 amide bonds. The third kappa shape index (κ3) is 4.73. The minimum Gasteiger partial charge on any atom is -0.618 e. The lowest BCUT2D eigenvalue weighted by molar-refractivity contribution is -0.607. The maximum Gasteiger partial charge on any atom is 0.308 e. The lowest BCUT2D eigenvalue weighted by Gasteiger charge is -2.16. The molecule has 0 atom stereocenters. The van der Waals surface area contributed by atoms with Crippen LogP contribution >= 0.6 is 0 Å². The van der Waals surface area contributed by atoms with Crippen LogP contribution in [0.25, 0.3) is 0 Å². The van der Waals surface area contributed by atoms with Gasteiger partial charge in [0.2, 0.25) is 11.6 Å². The third-order valence-electron chi connectivity index (χ3n) is 3.29. The van der Waals surface area contributed by atoms with Gasteiger partial charge in [0.15, 0.2) is 6.20 Å². The first-order valence-corrected chi connectivity index (χ1v) is 8.13. The van der Waals surface area contributed by atoms with E-state index in [1.54, 1.807) is 26.8 Å². The number of pyridine rings is 1. The van der Waals surface area contributed by atoms with Crippen molar-refractivity contribution < 1.29 is 28.6 Å². The zero-order valence-corrected chi connectivity index (χ0v) is 15.7. The molecule has 1 aromatic heterocycles. The molecule has 8 nitrogen and oxygen atoms in total. The first-order chi connectivity index (χ1) is 13.0. The van der Waals surface area contributed by atoms with Crippen LogP contribution in [-0.4, -0.2) is 22.4 Å². The van der Waals surface area contributed by atoms with Gasteiger partial charge >= 0.3 is 5.69 Å². The molecule has 0 spiro atoms. The largest absolute Gasteiger partial charge is 0.618 e. The van der Waals surface area contributed by atoms with Crippen molar-refractivity contribution in [3.63, 3.8) is 0 Å². The Balaban J connectivity index is 2.47. The summed E-state index contributed by atoms with van der Waals surface area (Å²) in [6.07, 6.45) is 1.06. The first kappa shape index (κ1) is 20.6. The van der Waals surface area contributed by atoms with E-state index in [2.05, 4.69) is 5.16 Å². The van der Waals surface area contributed by atoms with E-state index in [-0.39, 0.29) is 16.4 Å². The molecule has 0 saturated carbocycles. The van der Waals surface area contributed by atoms with Crippen molar-refractivity contribution in [1.29, 1.82) is 5.26 Å². The van der Waals surface area contributed by atoms with Crippen LogP contribution < -0.4 is 9.47 Å². The fourth-order valence-corrected chi connectivity index (χ4v) is 2.10. The second-order valence-electron chi connectivity index (χ2n) is 6.75. The van der Waals surface area contributed by atoms with Crippen LogP contribution in [0.15, 0.2) is 35.6 Å². The Bertz CT molecular complexity index is 990. The Morgan fingerprint density at radius 3 is 2.68 bits per heavy atom. The van der Waals surface area contributed by atoms with Gasteiger partial charge in [0.05, 0.1) is 11.1 Å². The highest BCUT2D eigenvalue weighted by atomic mass is 19.1. The van der Waals surface area contributed by atoms with Gasteiger partial charge < -0.3 is 19.9 Å². The van der Waals surface area contributed by atoms with Gasteiger partial charge in [-0.2, -0.15) is 9.99 Å². The fraction of sp³-hybridized carbons (Fsp3) is 0.263. The van der Waals surface area contributed by atoms with E-state index < -0.39 is 39.8 Å². The minimum absolute atomic E-state index is 0.0243. The topological polar surface area (TPSA) is 119 Å². The van der Waals surface area contributed by atoms with Crippen LogP contribution in [0.1, 0.15) is 49.3 Å². The van der Waals surface area contributed by atoms with Crippen LogP contribution in [0.5, 0.6) is 11.5 Å². The minimum atomic E-state index is -0.988. The van der Waals surface area contributed by atoms with Crippen molar-refractivity contribution in [1.82, 2.24) is 0 Å². The van der Waals surface area contributed by atoms with Gasteiger partial charge in [0.25, 0.3) is 5.78 Å². The molecule has 1 heterocycles. The van der Waals surface area contributed by atoms with Crippen molar-refractivity contribution in [2.45, 2.75) is 33.3 Å². The molecule has 1 aromatic carbocycles. The highest BCUT2D eigenvalue weighted by Crippen LogP contribution is 2.26. The van der Waals surface area contributed by atoms with Gasteiger partial charge in [-0.05, 0) is 32.9 Å². The monoisotopic (exact) mass is 387 g/mol. The number of aromatic hydroxyl groups is 1. The molecule has 0 unspecified atom stereocenters. The van der Waals surface area contributed by atoms with Crippen LogP contribution in [0.3, 0.4) is 0 Å². The van der Waals surface area contributed by atoms with Crippen molar-refractivity contribution in [3.8, 4) is 17.6 Å². The molecule has 2 rings (SSSR count). The van der Waals surface area contributed by atoms with Crippen molar-refractivity contribution >= 4 is 11.7 Å². The quantitative estimate of drug-likeness (QED) is 0.215. The highest BCUT2D eigenvalue weighted by Gasteiger charge is 2.28. The summed E-state index contributed by atoms with van der Waals surface area (Å²) in [5.41, 5.74) is -1.92. The number of phenols is 1. The van der Waals surface area contributed by atoms with Gasteiger partial charge in [0.1, 0.15) is 23.2 Å². The van der Waals surface area contributed by atoms with Gasteiger partial charge in [-0.15, -0.1) is 0 Å². The summed E-state index contributed by atoms with van der Waals surface area (Å²) in [4.78, 5) is 18.0. The summed E-state index contributed by atoms with van der Waals surface area (Å²) in [5, 5.41) is 34.8. The number of nitriles is 1. The third-order valence-corrected chi connectivity index (χ3v) is 3.29. The predicted octanol–water partition coefficient (Wildman–Crippen LogP) is 2.79. The van der Waals surface area contributed by atoms with Gasteiger partial charge in [-0.25, -0.2) is 4.39 Å². The van der Waals surface area contributed by atoms with Gasteiger partial charge in [-0.1, -0.05) is 5.16 Å². The molecular formula is C19H18FN3O5. The fourth-order valence-electron chi connectivity index (χ4n) is 2.10. The standard InChI is InChI=1S/C19H18FN3O5/c1-11(22-28-19(2,3)4)27-16-6-5-7-23(26)17(16)18(25)13-8-12(10-21)14(20)9-15(13)24/h5-9,24H,1-4H3/b22-11-. The van der Waals surface area contributed by atoms with Crippen LogP contribution in [0.4, 0.5) is 4.39 Å². The summed E-state index contributed by atoms with van der Waals surface area (Å²) in [6, 6.07) is 5.77. The number of rotatable bonds is 4. The number of carbonyl (C=O) groups excluding carboxylic acids is 1. The van der Waals surface area contributed by atoms with Crippen LogP contribution in [0.2, 0.25) is 0 Å². The number of ketones is 1. The molecule has 1 N–H and O–H groups in total. The number of benzene rings is 1.